The highest BCUT2D eigenvalue weighted by Crippen LogP contribution is 2.48. The van der Waals surface area contributed by atoms with Gasteiger partial charge in [-0.2, -0.15) is 0 Å². The van der Waals surface area contributed by atoms with Gasteiger partial charge in [0.1, 0.15) is 11.3 Å². The highest BCUT2D eigenvalue weighted by molar-refractivity contribution is 6.25. The van der Waals surface area contributed by atoms with Gasteiger partial charge in [0.15, 0.2) is 0 Å². The Labute approximate surface area is 302 Å². The molecule has 5 aliphatic rings. The molecule has 0 bridgehead atoms. The average Bonchev–Trinajstić information content (AvgIpc) is 3.76. The largest absolute Gasteiger partial charge is 0.456 e. The molecule has 7 aromatic rings. The Kier molecular flexibility index (Phi) is 5.99. The summed E-state index contributed by atoms with van der Waals surface area (Å²) in [6.07, 6.45) is 27.3. The van der Waals surface area contributed by atoms with Crippen LogP contribution in [0.1, 0.15) is 54.6 Å². The van der Waals surface area contributed by atoms with Gasteiger partial charge in [0.25, 0.3) is 0 Å². The van der Waals surface area contributed by atoms with Crippen LogP contribution in [0.5, 0.6) is 0 Å². The van der Waals surface area contributed by atoms with Gasteiger partial charge in [0.2, 0.25) is 0 Å². The minimum Gasteiger partial charge on any atom is -0.456 e. The van der Waals surface area contributed by atoms with Crippen molar-refractivity contribution in [3.63, 3.8) is 0 Å². The first-order valence-electron chi connectivity index (χ1n) is 19.1. The minimum atomic E-state index is 0.202. The zero-order chi connectivity index (χ0) is 33.9. The van der Waals surface area contributed by atoms with E-state index in [0.717, 1.165) is 49.9 Å². The molecule has 0 saturated heterocycles. The molecule has 12 rings (SSSR count). The molecule has 0 radical (unpaired) electrons. The number of fused-ring (bicyclic) bond motifs is 6. The average molecular weight is 668 g/mol. The second kappa shape index (κ2) is 10.8. The van der Waals surface area contributed by atoms with Gasteiger partial charge in [0.05, 0.1) is 11.0 Å². The van der Waals surface area contributed by atoms with Crippen LogP contribution >= 0.6 is 0 Å². The number of hydrogen-bond acceptors (Lipinski definition) is 1. The maximum Gasteiger partial charge on any atom is 0.135 e. The van der Waals surface area contributed by atoms with Crippen molar-refractivity contribution >= 4 is 66.0 Å². The monoisotopic (exact) mass is 667 g/mol. The smallest absolute Gasteiger partial charge is 0.135 e. The van der Waals surface area contributed by atoms with Crippen LogP contribution in [0.3, 0.4) is 0 Å². The number of hydrogen-bond donors (Lipinski definition) is 0. The Hall–Kier alpha value is -5.86. The van der Waals surface area contributed by atoms with E-state index in [-0.39, 0.29) is 11.8 Å². The Morgan fingerprint density at radius 1 is 0.615 bits per heavy atom. The van der Waals surface area contributed by atoms with Crippen LogP contribution in [0.2, 0.25) is 0 Å². The van der Waals surface area contributed by atoms with Crippen LogP contribution in [0.4, 0.5) is 0 Å². The van der Waals surface area contributed by atoms with E-state index < -0.39 is 0 Å². The predicted octanol–water partition coefficient (Wildman–Crippen LogP) is 11.1. The lowest BCUT2D eigenvalue weighted by atomic mass is 9.69. The SMILES string of the molecule is C1=CCCC(n2c3cccc4ccc5cc(C6=c7ccccc7=C(c7cccc8oc9c(c78)CCC7=C9CCC=C7)C7C=CC=CC67)cc2c5c43)=C1. The third kappa shape index (κ3) is 3.90. The number of aromatic nitrogens is 1. The zero-order valence-electron chi connectivity index (χ0n) is 29.0. The van der Waals surface area contributed by atoms with Gasteiger partial charge >= 0.3 is 0 Å². The lowest BCUT2D eigenvalue weighted by Gasteiger charge is -2.34. The Bertz CT molecular complexity index is 3020. The molecule has 2 heterocycles. The predicted molar refractivity (Wildman–Crippen MR) is 217 cm³/mol. The third-order valence-electron chi connectivity index (χ3n) is 12.6. The standard InChI is InChI=1S/C50H37NO/c1-2-14-34(15-3-1)51-42-22-10-13-31-24-25-32-28-33(29-43(51)47(32)46(31)42)45-36-17-6-8-19-38(36)48(39-20-9-7-18-37(39)45)40-21-11-23-44-49(40)41-27-26-30-12-4-5-16-35(30)50(41)52-44/h1-2,4,6-14,17-25,28-29,36,38H,3,5,15-16,26-27H2. The first-order valence-corrected chi connectivity index (χ1v) is 19.1. The molecule has 0 aliphatic heterocycles. The molecule has 0 amide bonds. The van der Waals surface area contributed by atoms with Crippen LogP contribution in [0, 0.1) is 11.8 Å². The van der Waals surface area contributed by atoms with E-state index in [1.807, 2.05) is 0 Å². The molecule has 2 unspecified atom stereocenters. The first kappa shape index (κ1) is 28.8. The summed E-state index contributed by atoms with van der Waals surface area (Å²) in [5, 5.41) is 9.38. The fourth-order valence-corrected chi connectivity index (χ4v) is 10.5. The molecule has 5 aliphatic carbocycles. The topological polar surface area (TPSA) is 18.1 Å². The summed E-state index contributed by atoms with van der Waals surface area (Å²) < 4.78 is 9.36. The summed E-state index contributed by atoms with van der Waals surface area (Å²) in [5.74, 6) is 1.54. The lowest BCUT2D eigenvalue weighted by molar-refractivity contribution is 0.583. The van der Waals surface area contributed by atoms with Gasteiger partial charge in [-0.3, -0.25) is 0 Å². The quantitative estimate of drug-likeness (QED) is 0.172. The molecule has 2 aromatic heterocycles. The molecule has 5 aromatic carbocycles. The number of nitrogens with zero attached hydrogens (tertiary/aromatic N) is 1. The van der Waals surface area contributed by atoms with Gasteiger partial charge in [0, 0.05) is 39.3 Å². The van der Waals surface area contributed by atoms with Gasteiger partial charge in [-0.25, -0.2) is 0 Å². The molecule has 0 spiro atoms. The molecular weight excluding hydrogens is 631 g/mol. The van der Waals surface area contributed by atoms with Crippen molar-refractivity contribution in [2.24, 2.45) is 11.8 Å². The summed E-state index contributed by atoms with van der Waals surface area (Å²) in [4.78, 5) is 0. The highest BCUT2D eigenvalue weighted by atomic mass is 16.3. The van der Waals surface area contributed by atoms with Gasteiger partial charge in [-0.15, -0.1) is 0 Å². The summed E-state index contributed by atoms with van der Waals surface area (Å²) in [6, 6.07) is 32.4. The number of allylic oxidation sites excluding steroid dienone is 12. The van der Waals surface area contributed by atoms with E-state index in [0.29, 0.717) is 0 Å². The molecule has 2 atom stereocenters. The maximum atomic E-state index is 6.80. The van der Waals surface area contributed by atoms with E-state index in [1.54, 1.807) is 0 Å². The fourth-order valence-electron chi connectivity index (χ4n) is 10.5. The number of furan rings is 1. The van der Waals surface area contributed by atoms with Crippen molar-refractivity contribution in [2.45, 2.75) is 38.5 Å². The van der Waals surface area contributed by atoms with E-state index in [1.165, 1.54) is 93.1 Å². The van der Waals surface area contributed by atoms with E-state index in [4.69, 9.17) is 4.42 Å². The molecule has 0 saturated carbocycles. The first-order chi connectivity index (χ1) is 25.8. The van der Waals surface area contributed by atoms with E-state index >= 15 is 0 Å². The van der Waals surface area contributed by atoms with Crippen molar-refractivity contribution < 1.29 is 4.42 Å². The lowest BCUT2D eigenvalue weighted by Crippen LogP contribution is -2.40. The Morgan fingerprint density at radius 2 is 1.42 bits per heavy atom. The number of benzene rings is 5. The van der Waals surface area contributed by atoms with Crippen LogP contribution in [-0.2, 0) is 6.42 Å². The second-order valence-corrected chi connectivity index (χ2v) is 15.2. The minimum absolute atomic E-state index is 0.202. The van der Waals surface area contributed by atoms with Crippen molar-refractivity contribution in [1.29, 1.82) is 0 Å². The van der Waals surface area contributed by atoms with Gasteiger partial charge < -0.3 is 8.98 Å². The van der Waals surface area contributed by atoms with Crippen LogP contribution in [0.25, 0.3) is 66.0 Å². The molecule has 0 N–H and O–H groups in total. The maximum absolute atomic E-state index is 6.80. The second-order valence-electron chi connectivity index (χ2n) is 15.2. The number of aryl methyl sites for hydroxylation is 1. The number of rotatable bonds is 3. The molecule has 0 fully saturated rings. The summed E-state index contributed by atoms with van der Waals surface area (Å²) in [6.45, 7) is 0. The van der Waals surface area contributed by atoms with Crippen LogP contribution in [-0.4, -0.2) is 4.57 Å². The zero-order valence-corrected chi connectivity index (χ0v) is 29.0. The van der Waals surface area contributed by atoms with Crippen LogP contribution < -0.4 is 10.4 Å². The van der Waals surface area contributed by atoms with E-state index in [9.17, 15) is 0 Å². The third-order valence-corrected chi connectivity index (χ3v) is 12.6. The molecule has 2 nitrogen and oxygen atoms in total. The molecule has 2 heteroatoms. The van der Waals surface area contributed by atoms with Crippen molar-refractivity contribution in [3.05, 3.63) is 178 Å². The highest BCUT2D eigenvalue weighted by Gasteiger charge is 2.35. The van der Waals surface area contributed by atoms with Gasteiger partial charge in [-0.1, -0.05) is 109 Å². The van der Waals surface area contributed by atoms with Crippen LogP contribution in [0.15, 0.2) is 150 Å². The fraction of sp³-hybridized carbons (Fsp3) is 0.160. The Morgan fingerprint density at radius 3 is 2.31 bits per heavy atom. The Balaban J connectivity index is 1.17. The summed E-state index contributed by atoms with van der Waals surface area (Å²) in [5.41, 5.74) is 14.8. The van der Waals surface area contributed by atoms with Crippen molar-refractivity contribution in [1.82, 2.24) is 4.57 Å². The molecule has 52 heavy (non-hydrogen) atoms. The normalized spacial score (nSPS) is 20.7. The van der Waals surface area contributed by atoms with E-state index in [2.05, 4.69) is 144 Å². The summed E-state index contributed by atoms with van der Waals surface area (Å²) in [7, 11) is 0. The summed E-state index contributed by atoms with van der Waals surface area (Å²) >= 11 is 0. The van der Waals surface area contributed by atoms with Crippen molar-refractivity contribution in [2.75, 3.05) is 0 Å². The molecular formula is C50H37NO. The van der Waals surface area contributed by atoms with Crippen molar-refractivity contribution in [3.8, 4) is 0 Å². The van der Waals surface area contributed by atoms with Gasteiger partial charge in [-0.05, 0) is 123 Å². The molecule has 248 valence electrons.